The van der Waals surface area contributed by atoms with Crippen molar-refractivity contribution in [2.45, 2.75) is 18.9 Å². The van der Waals surface area contributed by atoms with E-state index in [-0.39, 0.29) is 29.0 Å². The Bertz CT molecular complexity index is 1000. The molecule has 0 saturated carbocycles. The van der Waals surface area contributed by atoms with Crippen molar-refractivity contribution >= 4 is 17.7 Å². The minimum absolute atomic E-state index is 0.00764. The van der Waals surface area contributed by atoms with Crippen LogP contribution in [0, 0.1) is 11.7 Å². The number of piperidine rings is 1. The second kappa shape index (κ2) is 7.10. The molecule has 0 unspecified atom stereocenters. The topological polar surface area (TPSA) is 80.6 Å². The minimum Gasteiger partial charge on any atom is -0.465 e. The van der Waals surface area contributed by atoms with Crippen molar-refractivity contribution in [3.8, 4) is 0 Å². The molecule has 8 heteroatoms. The Morgan fingerprint density at radius 2 is 2.00 bits per heavy atom. The number of esters is 1. The second-order valence-corrected chi connectivity index (χ2v) is 7.22. The number of anilines is 1. The first-order valence-electron chi connectivity index (χ1n) is 9.10. The zero-order valence-electron chi connectivity index (χ0n) is 15.4. The number of fused-ring (bicyclic) bond motifs is 4. The van der Waals surface area contributed by atoms with Gasteiger partial charge in [0, 0.05) is 43.0 Å². The molecule has 2 aliphatic heterocycles. The lowest BCUT2D eigenvalue weighted by Crippen LogP contribution is -2.50. The molecule has 28 heavy (non-hydrogen) atoms. The van der Waals surface area contributed by atoms with Gasteiger partial charge in [-0.15, -0.1) is 0 Å². The molecule has 1 aromatic heterocycles. The van der Waals surface area contributed by atoms with Crippen LogP contribution in [-0.2, 0) is 11.3 Å². The molecule has 0 spiro atoms. The van der Waals surface area contributed by atoms with E-state index in [2.05, 4.69) is 10.1 Å². The lowest BCUT2D eigenvalue weighted by atomic mass is 9.83. The summed E-state index contributed by atoms with van der Waals surface area (Å²) in [6.45, 7) is 1.63. The minimum atomic E-state index is -0.803. The SMILES string of the molecule is COC(=O)c1cc(NC(=O)N2C[C@H]3C[C@@H](C2)c2cccc(=O)n2C3)ccc1F. The van der Waals surface area contributed by atoms with Gasteiger partial charge in [-0.2, -0.15) is 0 Å². The van der Waals surface area contributed by atoms with Gasteiger partial charge in [0.05, 0.1) is 12.7 Å². The number of carbonyl (C=O) groups excluding carboxylic acids is 2. The van der Waals surface area contributed by atoms with Gasteiger partial charge in [0.2, 0.25) is 0 Å². The normalized spacial score (nSPS) is 20.3. The van der Waals surface area contributed by atoms with E-state index >= 15 is 0 Å². The van der Waals surface area contributed by atoms with E-state index in [1.807, 2.05) is 6.07 Å². The number of urea groups is 1. The molecule has 2 aliphatic rings. The first kappa shape index (κ1) is 18.2. The molecule has 1 saturated heterocycles. The third-order valence-electron chi connectivity index (χ3n) is 5.39. The highest BCUT2D eigenvalue weighted by Crippen LogP contribution is 2.35. The highest BCUT2D eigenvalue weighted by Gasteiger charge is 2.36. The maximum atomic E-state index is 13.8. The standard InChI is InChI=1S/C20H20FN3O4/c1-28-19(26)15-8-14(5-6-16(15)21)22-20(27)23-9-12-7-13(11-23)17-3-2-4-18(25)24(17)10-12/h2-6,8,12-13H,7,9-11H2,1H3,(H,22,27)/t12-,13+/m1/s1. The smallest absolute Gasteiger partial charge is 0.340 e. The fraction of sp³-hybridized carbons (Fsp3) is 0.350. The van der Waals surface area contributed by atoms with Crippen molar-refractivity contribution in [3.05, 3.63) is 63.8 Å². The summed E-state index contributed by atoms with van der Waals surface area (Å²) in [4.78, 5) is 38.2. The van der Waals surface area contributed by atoms with Crippen LogP contribution in [0.3, 0.4) is 0 Å². The number of methoxy groups -OCH3 is 1. The van der Waals surface area contributed by atoms with Gasteiger partial charge < -0.3 is 19.5 Å². The molecular formula is C20H20FN3O4. The number of carbonyl (C=O) groups is 2. The predicted molar refractivity (Wildman–Crippen MR) is 99.9 cm³/mol. The predicted octanol–water partition coefficient (Wildman–Crippen LogP) is 2.43. The molecule has 0 radical (unpaired) electrons. The number of aromatic nitrogens is 1. The molecule has 1 aromatic carbocycles. The summed E-state index contributed by atoms with van der Waals surface area (Å²) in [6.07, 6.45) is 0.941. The van der Waals surface area contributed by atoms with Gasteiger partial charge in [-0.3, -0.25) is 4.79 Å². The van der Waals surface area contributed by atoms with Crippen LogP contribution in [-0.4, -0.2) is 41.7 Å². The summed E-state index contributed by atoms with van der Waals surface area (Å²) in [5.74, 6) is -1.20. The number of likely N-dealkylation sites (tertiary alicyclic amines) is 1. The monoisotopic (exact) mass is 385 g/mol. The summed E-state index contributed by atoms with van der Waals surface area (Å²) in [7, 11) is 1.17. The maximum absolute atomic E-state index is 13.8. The molecule has 3 heterocycles. The highest BCUT2D eigenvalue weighted by atomic mass is 19.1. The van der Waals surface area contributed by atoms with Crippen LogP contribution < -0.4 is 10.9 Å². The number of benzene rings is 1. The molecule has 2 atom stereocenters. The Kier molecular flexibility index (Phi) is 4.62. The maximum Gasteiger partial charge on any atom is 0.340 e. The number of ether oxygens (including phenoxy) is 1. The van der Waals surface area contributed by atoms with Gasteiger partial charge in [-0.1, -0.05) is 6.07 Å². The van der Waals surface area contributed by atoms with Gasteiger partial charge in [0.15, 0.2) is 0 Å². The molecule has 146 valence electrons. The molecule has 2 bridgehead atoms. The third kappa shape index (κ3) is 3.26. The number of nitrogens with zero attached hydrogens (tertiary/aromatic N) is 2. The van der Waals surface area contributed by atoms with Crippen molar-refractivity contribution in [3.63, 3.8) is 0 Å². The Morgan fingerprint density at radius 1 is 1.18 bits per heavy atom. The van der Waals surface area contributed by atoms with Crippen LogP contribution in [0.1, 0.15) is 28.4 Å². The van der Waals surface area contributed by atoms with Crippen molar-refractivity contribution < 1.29 is 18.7 Å². The molecule has 2 amide bonds. The van der Waals surface area contributed by atoms with Crippen molar-refractivity contribution in [1.29, 1.82) is 0 Å². The average Bonchev–Trinajstić information content (AvgIpc) is 2.69. The van der Waals surface area contributed by atoms with Gasteiger partial charge >= 0.3 is 12.0 Å². The van der Waals surface area contributed by atoms with Crippen LogP contribution in [0.15, 0.2) is 41.2 Å². The second-order valence-electron chi connectivity index (χ2n) is 7.22. The molecule has 0 aliphatic carbocycles. The Morgan fingerprint density at radius 3 is 2.79 bits per heavy atom. The fourth-order valence-electron chi connectivity index (χ4n) is 4.13. The quantitative estimate of drug-likeness (QED) is 0.805. The van der Waals surface area contributed by atoms with Crippen LogP contribution in [0.5, 0.6) is 0 Å². The van der Waals surface area contributed by atoms with E-state index in [4.69, 9.17) is 0 Å². The molecule has 1 N–H and O–H groups in total. The number of rotatable bonds is 2. The Hall–Kier alpha value is -3.16. The van der Waals surface area contributed by atoms with E-state index in [0.29, 0.717) is 25.3 Å². The van der Waals surface area contributed by atoms with Gasteiger partial charge in [0.1, 0.15) is 5.82 Å². The zero-order valence-corrected chi connectivity index (χ0v) is 15.4. The average molecular weight is 385 g/mol. The molecule has 7 nitrogen and oxygen atoms in total. The lowest BCUT2D eigenvalue weighted by Gasteiger charge is -2.42. The Labute approximate surface area is 160 Å². The van der Waals surface area contributed by atoms with E-state index in [9.17, 15) is 18.8 Å². The first-order valence-corrected chi connectivity index (χ1v) is 9.10. The zero-order chi connectivity index (χ0) is 19.8. The number of hydrogen-bond donors (Lipinski definition) is 1. The van der Waals surface area contributed by atoms with E-state index < -0.39 is 11.8 Å². The number of hydrogen-bond acceptors (Lipinski definition) is 4. The summed E-state index contributed by atoms with van der Waals surface area (Å²) < 4.78 is 20.1. The fourth-order valence-corrected chi connectivity index (χ4v) is 4.13. The largest absolute Gasteiger partial charge is 0.465 e. The number of nitrogens with one attached hydrogen (secondary N) is 1. The van der Waals surface area contributed by atoms with Crippen molar-refractivity contribution in [2.24, 2.45) is 5.92 Å². The van der Waals surface area contributed by atoms with Gasteiger partial charge in [-0.25, -0.2) is 14.0 Å². The number of pyridine rings is 1. The van der Waals surface area contributed by atoms with Gasteiger partial charge in [0.25, 0.3) is 5.56 Å². The van der Waals surface area contributed by atoms with Crippen LogP contribution >= 0.6 is 0 Å². The molecule has 1 fully saturated rings. The van der Waals surface area contributed by atoms with Crippen molar-refractivity contribution in [2.75, 3.05) is 25.5 Å². The number of halogens is 1. The van der Waals surface area contributed by atoms with E-state index in [0.717, 1.165) is 18.2 Å². The van der Waals surface area contributed by atoms with E-state index in [1.54, 1.807) is 21.6 Å². The van der Waals surface area contributed by atoms with E-state index in [1.165, 1.54) is 19.2 Å². The molecular weight excluding hydrogens is 365 g/mol. The Balaban J connectivity index is 1.51. The summed E-state index contributed by atoms with van der Waals surface area (Å²) >= 11 is 0. The van der Waals surface area contributed by atoms with Gasteiger partial charge in [-0.05, 0) is 36.6 Å². The molecule has 4 rings (SSSR count). The summed E-state index contributed by atoms with van der Waals surface area (Å²) in [6, 6.07) is 8.71. The lowest BCUT2D eigenvalue weighted by molar-refractivity contribution is 0.0595. The third-order valence-corrected chi connectivity index (χ3v) is 5.39. The van der Waals surface area contributed by atoms with Crippen LogP contribution in [0.4, 0.5) is 14.9 Å². The van der Waals surface area contributed by atoms with Crippen LogP contribution in [0.25, 0.3) is 0 Å². The van der Waals surface area contributed by atoms with Crippen LogP contribution in [0.2, 0.25) is 0 Å². The highest BCUT2D eigenvalue weighted by molar-refractivity contribution is 5.94. The number of amides is 2. The summed E-state index contributed by atoms with van der Waals surface area (Å²) in [5, 5.41) is 2.73. The summed E-state index contributed by atoms with van der Waals surface area (Å²) in [5.41, 5.74) is 1.03. The molecule has 2 aromatic rings. The van der Waals surface area contributed by atoms with Crippen molar-refractivity contribution in [1.82, 2.24) is 9.47 Å². The first-order chi connectivity index (χ1) is 13.5.